The third-order valence-corrected chi connectivity index (χ3v) is 25.6. The Labute approximate surface area is 475 Å². The standard InChI is InChI=1S/C32H3Br14ClN8.Cu.H2O4S/c33-11-3(47)1-2-4(12(11)34)26-48-25(2)49-27-5-6(14(36)20(42)19(41)13(5)35)29(51-27)53-31-9-10(18(40)24(46)23(45)17(9)39)32(55-31)54-30-8-7(28(50-26)52-30)15(37)21(43)22(44)16(8)38;;1-5(2,3)4/h1H,(H2,48,49,50,51,52,53,54,55);;(H2,1,2,3,4)/q;+1;/p-1. The normalized spacial score (nSPS) is 12.0. The summed E-state index contributed by atoms with van der Waals surface area (Å²) in [6.45, 7) is 0. The Morgan fingerprint density at radius 3 is 1.05 bits per heavy atom. The zero-order chi connectivity index (χ0) is 43.8. The van der Waals surface area contributed by atoms with Gasteiger partial charge in [0.05, 0.1) is 9.50 Å². The molecule has 0 unspecified atom stereocenters. The minimum atomic E-state index is -4.92. The van der Waals surface area contributed by atoms with Crippen LogP contribution in [0.2, 0.25) is 5.02 Å². The van der Waals surface area contributed by atoms with E-state index in [1.54, 1.807) is 0 Å². The van der Waals surface area contributed by atoms with Crippen molar-refractivity contribution in [2.24, 2.45) is 0 Å². The van der Waals surface area contributed by atoms with Gasteiger partial charge in [-0.15, -0.1) is 0 Å². The second-order valence-electron chi connectivity index (χ2n) is 12.0. The number of hydrogen-bond acceptors (Lipinski definition) is 9. The fourth-order valence-corrected chi connectivity index (χ4v) is 14.9. The Kier molecular flexibility index (Phi) is 15.6. The van der Waals surface area contributed by atoms with Crippen molar-refractivity contribution in [3.05, 3.63) is 73.7 Å². The smallest absolute Gasteiger partial charge is 0.726 e. The van der Waals surface area contributed by atoms with E-state index in [0.717, 1.165) is 75.2 Å². The predicted octanol–water partition coefficient (Wildman–Crippen LogP) is 17.2. The van der Waals surface area contributed by atoms with Crippen LogP contribution >= 0.6 is 235 Å². The molecule has 2 aliphatic rings. The number of hydrogen-bond donors (Lipinski definition) is 3. The van der Waals surface area contributed by atoms with Gasteiger partial charge < -0.3 is 14.5 Å². The van der Waals surface area contributed by atoms with Crippen LogP contribution < -0.4 is 0 Å². The monoisotopic (exact) mass is 1800 g/mol. The molecule has 5 heterocycles. The molecule has 0 atom stereocenters. The second-order valence-corrected chi connectivity index (χ2v) is 24.3. The molecular weight excluding hydrogens is 1810 g/mol. The van der Waals surface area contributed by atoms with Crippen molar-refractivity contribution >= 4 is 289 Å². The number of nitrogens with zero attached hydrogens (tertiary/aromatic N) is 6. The van der Waals surface area contributed by atoms with Gasteiger partial charge in [0.1, 0.15) is 22.6 Å². The predicted molar refractivity (Wildman–Crippen MR) is 281 cm³/mol. The maximum atomic E-state index is 8.63. The zero-order valence-corrected chi connectivity index (χ0v) is 52.5. The van der Waals surface area contributed by atoms with E-state index >= 15 is 0 Å². The van der Waals surface area contributed by atoms with Crippen LogP contribution in [-0.2, 0) is 27.5 Å². The SMILES string of the molecule is Clc1cc2c(c(Br)c1Br)-c1nc-2nc2[nH]c(nc3nc(nc4[nH]c(n1)c1c(Br)c(Br)c(Br)c(Br)c41)-c1c(Br)c(Br)c(Br)c(Br)c1-3)c1c(Br)c(Br)c(Br)c(Br)c21.O=S(=O)([O-])O.[Cu+]. The molecule has 12 nitrogen and oxygen atoms in total. The molecule has 4 aromatic carbocycles. The van der Waals surface area contributed by atoms with E-state index in [-0.39, 0.29) is 17.1 Å². The fourth-order valence-electron chi connectivity index (χ4n) is 6.18. The van der Waals surface area contributed by atoms with Crippen LogP contribution in [0, 0.1) is 0 Å². The van der Waals surface area contributed by atoms with Crippen LogP contribution in [0.25, 0.3) is 89.7 Å². The average Bonchev–Trinajstić information content (AvgIpc) is 3.92. The molecule has 0 amide bonds. The second kappa shape index (κ2) is 18.9. The Morgan fingerprint density at radius 2 is 0.705 bits per heavy atom. The number of aromatic nitrogens is 8. The molecule has 0 radical (unpaired) electrons. The van der Waals surface area contributed by atoms with Crippen LogP contribution in [0.3, 0.4) is 0 Å². The van der Waals surface area contributed by atoms with Crippen molar-refractivity contribution in [2.75, 3.05) is 0 Å². The van der Waals surface area contributed by atoms with Gasteiger partial charge in [-0.1, -0.05) is 11.6 Å². The quantitative estimate of drug-likeness (QED) is 0.0434. The Morgan fingerprint density at radius 1 is 0.443 bits per heavy atom. The van der Waals surface area contributed by atoms with Crippen molar-refractivity contribution < 1.29 is 34.6 Å². The van der Waals surface area contributed by atoms with Gasteiger partial charge >= 0.3 is 17.1 Å². The van der Waals surface area contributed by atoms with Gasteiger partial charge in [-0.05, 0) is 229 Å². The minimum absolute atomic E-state index is 0. The van der Waals surface area contributed by atoms with E-state index in [1.807, 2.05) is 6.07 Å². The first-order chi connectivity index (χ1) is 28.0. The zero-order valence-electron chi connectivity index (χ0n) is 27.8. The Hall–Kier alpha value is 1.64. The molecule has 3 aromatic heterocycles. The summed E-state index contributed by atoms with van der Waals surface area (Å²) in [5.41, 5.74) is 4.68. The van der Waals surface area contributed by atoms with E-state index < -0.39 is 10.4 Å². The number of fused-ring (bicyclic) bond motifs is 20. The van der Waals surface area contributed by atoms with E-state index in [1.165, 1.54) is 0 Å². The van der Waals surface area contributed by atoms with Crippen LogP contribution in [0.4, 0.5) is 0 Å². The Balaban J connectivity index is 0.000000885. The van der Waals surface area contributed by atoms with Crippen LogP contribution in [0.1, 0.15) is 0 Å². The maximum absolute atomic E-state index is 8.63. The van der Waals surface area contributed by atoms with Gasteiger partial charge in [0.15, 0.2) is 23.3 Å². The summed E-state index contributed by atoms with van der Waals surface area (Å²) in [5, 5.41) is 3.40. The summed E-state index contributed by atoms with van der Waals surface area (Å²) < 4.78 is 43.2. The summed E-state index contributed by atoms with van der Waals surface area (Å²) in [4.78, 5) is 37.9. The molecule has 0 spiro atoms. The number of halogens is 15. The van der Waals surface area contributed by atoms with Crippen LogP contribution in [-0.4, -0.2) is 57.4 Å². The molecule has 0 aliphatic carbocycles. The summed E-state index contributed by atoms with van der Waals surface area (Å²) in [6, 6.07) is 1.82. The molecule has 2 aliphatic heterocycles. The van der Waals surface area contributed by atoms with Crippen LogP contribution in [0.15, 0.2) is 68.7 Å². The van der Waals surface area contributed by atoms with E-state index in [4.69, 9.17) is 59.0 Å². The first-order valence-electron chi connectivity index (χ1n) is 15.3. The van der Waals surface area contributed by atoms with Gasteiger partial charge in [-0.25, -0.2) is 38.3 Å². The molecule has 8 bridgehead atoms. The number of rotatable bonds is 0. The van der Waals surface area contributed by atoms with Crippen molar-refractivity contribution in [2.45, 2.75) is 0 Å². The maximum Gasteiger partial charge on any atom is 1.00 e. The molecule has 318 valence electrons. The summed E-state index contributed by atoms with van der Waals surface area (Å²) >= 11 is 59.6. The first-order valence-corrected chi connectivity index (χ1v) is 28.1. The molecular formula is C32H4Br14ClCuN8O4S. The summed E-state index contributed by atoms with van der Waals surface area (Å²) in [7, 11) is -4.92. The van der Waals surface area contributed by atoms with Gasteiger partial charge in [0.25, 0.3) is 0 Å². The van der Waals surface area contributed by atoms with Gasteiger partial charge in [-0.3, -0.25) is 4.55 Å². The number of aromatic amines is 2. The van der Waals surface area contributed by atoms with Crippen molar-refractivity contribution in [1.82, 2.24) is 39.9 Å². The molecule has 3 N–H and O–H groups in total. The van der Waals surface area contributed by atoms with Crippen molar-refractivity contribution in [3.63, 3.8) is 0 Å². The number of H-pyrrole nitrogens is 2. The summed E-state index contributed by atoms with van der Waals surface area (Å²) in [6.07, 6.45) is 0. The van der Waals surface area contributed by atoms with Crippen molar-refractivity contribution in [1.29, 1.82) is 0 Å². The van der Waals surface area contributed by atoms with E-state index in [2.05, 4.69) is 233 Å². The molecule has 7 aromatic rings. The fraction of sp³-hybridized carbons (Fsp3) is 0. The van der Waals surface area contributed by atoms with E-state index in [9.17, 15) is 0 Å². The molecule has 61 heavy (non-hydrogen) atoms. The third-order valence-electron chi connectivity index (χ3n) is 8.59. The minimum Gasteiger partial charge on any atom is -0.726 e. The largest absolute Gasteiger partial charge is 1.00 e. The molecule has 0 saturated heterocycles. The number of nitrogens with one attached hydrogen (secondary N) is 2. The third kappa shape index (κ3) is 8.82. The molecule has 9 rings (SSSR count). The van der Waals surface area contributed by atoms with Crippen LogP contribution in [0.5, 0.6) is 0 Å². The average molecular weight is 1810 g/mol. The summed E-state index contributed by atoms with van der Waals surface area (Å²) in [5.74, 6) is 1.54. The van der Waals surface area contributed by atoms with Gasteiger partial charge in [0, 0.05) is 102 Å². The topological polar surface area (TPSA) is 186 Å². The first kappa shape index (κ1) is 50.5. The molecule has 0 saturated carbocycles. The van der Waals surface area contributed by atoms with E-state index in [0.29, 0.717) is 82.1 Å². The van der Waals surface area contributed by atoms with Crippen molar-refractivity contribution in [3.8, 4) is 45.6 Å². The molecule has 29 heteroatoms. The number of benzene rings is 4. The van der Waals surface area contributed by atoms with Gasteiger partial charge in [-0.2, -0.15) is 0 Å². The Bertz CT molecular complexity index is 3450. The molecule has 0 fully saturated rings. The van der Waals surface area contributed by atoms with Gasteiger partial charge in [0.2, 0.25) is 10.4 Å².